The SMILES string of the molecule is COc1cccc(-c2nc(-n3nc(C(=O)CCC(=O)O)c4cc(C)ccc43)sc2C(C)C)c1. The number of carbonyl (C=O) groups is 2. The van der Waals surface area contributed by atoms with Crippen LogP contribution in [0, 0.1) is 6.92 Å². The zero-order chi connectivity index (χ0) is 23.7. The number of carbonyl (C=O) groups excluding carboxylic acids is 1. The second-order valence-electron chi connectivity index (χ2n) is 8.19. The Morgan fingerprint density at radius 1 is 1.15 bits per heavy atom. The van der Waals surface area contributed by atoms with E-state index in [1.807, 2.05) is 49.4 Å². The summed E-state index contributed by atoms with van der Waals surface area (Å²) in [4.78, 5) is 29.8. The summed E-state index contributed by atoms with van der Waals surface area (Å²) < 4.78 is 7.08. The highest BCUT2D eigenvalue weighted by Crippen LogP contribution is 2.37. The lowest BCUT2D eigenvalue weighted by Crippen LogP contribution is -2.06. The van der Waals surface area contributed by atoms with E-state index in [0.717, 1.165) is 33.0 Å². The molecule has 2 aromatic heterocycles. The standard InChI is InChI=1S/C25H25N3O4S/c1-14(2)24-22(16-6-5-7-17(13-16)32-4)26-25(33-24)28-19-9-8-15(3)12-18(19)23(27-28)20(29)10-11-21(30)31/h5-9,12-14H,10-11H2,1-4H3,(H,30,31). The topological polar surface area (TPSA) is 94.3 Å². The molecule has 33 heavy (non-hydrogen) atoms. The van der Waals surface area contributed by atoms with Gasteiger partial charge < -0.3 is 9.84 Å². The molecule has 7 nitrogen and oxygen atoms in total. The summed E-state index contributed by atoms with van der Waals surface area (Å²) in [6, 6.07) is 13.6. The number of hydrogen-bond donors (Lipinski definition) is 1. The first-order valence-electron chi connectivity index (χ1n) is 10.7. The van der Waals surface area contributed by atoms with Gasteiger partial charge in [-0.15, -0.1) is 0 Å². The number of aryl methyl sites for hydroxylation is 1. The molecule has 0 saturated heterocycles. The quantitative estimate of drug-likeness (QED) is 0.340. The maximum Gasteiger partial charge on any atom is 0.303 e. The van der Waals surface area contributed by atoms with E-state index in [0.29, 0.717) is 10.5 Å². The molecule has 8 heteroatoms. The number of Topliss-reactive ketones (excluding diaryl/α,β-unsaturated/α-hetero) is 1. The number of ether oxygens (including phenoxy) is 1. The Labute approximate surface area is 195 Å². The Hall–Kier alpha value is -3.52. The first kappa shape index (κ1) is 22.7. The summed E-state index contributed by atoms with van der Waals surface area (Å²) in [6.45, 7) is 6.18. The second kappa shape index (κ2) is 9.15. The summed E-state index contributed by atoms with van der Waals surface area (Å²) in [5.74, 6) is -0.311. The molecule has 0 aliphatic rings. The number of aromatic nitrogens is 3. The van der Waals surface area contributed by atoms with Crippen LogP contribution in [0.1, 0.15) is 53.5 Å². The molecular weight excluding hydrogens is 438 g/mol. The van der Waals surface area contributed by atoms with Crippen LogP contribution in [0.2, 0.25) is 0 Å². The number of carboxylic acids is 1. The monoisotopic (exact) mass is 463 g/mol. The molecule has 0 aliphatic carbocycles. The van der Waals surface area contributed by atoms with Crippen LogP contribution in [-0.4, -0.2) is 38.7 Å². The highest BCUT2D eigenvalue weighted by Gasteiger charge is 2.23. The number of benzene rings is 2. The van der Waals surface area contributed by atoms with Gasteiger partial charge in [-0.05, 0) is 37.1 Å². The molecule has 0 fully saturated rings. The fourth-order valence-electron chi connectivity index (χ4n) is 3.70. The van der Waals surface area contributed by atoms with Crippen molar-refractivity contribution in [2.24, 2.45) is 0 Å². The number of methoxy groups -OCH3 is 1. The molecule has 0 atom stereocenters. The molecule has 0 bridgehead atoms. The lowest BCUT2D eigenvalue weighted by atomic mass is 10.1. The van der Waals surface area contributed by atoms with Gasteiger partial charge in [-0.1, -0.05) is 48.9 Å². The smallest absolute Gasteiger partial charge is 0.303 e. The molecule has 4 rings (SSSR count). The van der Waals surface area contributed by atoms with Crippen molar-refractivity contribution in [1.29, 1.82) is 0 Å². The van der Waals surface area contributed by atoms with Crippen LogP contribution < -0.4 is 4.74 Å². The number of thiazole rings is 1. The molecule has 0 amide bonds. The van der Waals surface area contributed by atoms with E-state index in [1.54, 1.807) is 11.8 Å². The molecule has 0 aliphatic heterocycles. The minimum Gasteiger partial charge on any atom is -0.497 e. The Morgan fingerprint density at radius 2 is 1.94 bits per heavy atom. The lowest BCUT2D eigenvalue weighted by molar-refractivity contribution is -0.136. The van der Waals surface area contributed by atoms with Crippen LogP contribution in [0.25, 0.3) is 27.3 Å². The minimum atomic E-state index is -1.01. The van der Waals surface area contributed by atoms with Gasteiger partial charge in [0.2, 0.25) is 5.13 Å². The maximum absolute atomic E-state index is 12.8. The normalized spacial score (nSPS) is 11.3. The van der Waals surface area contributed by atoms with Gasteiger partial charge in [-0.3, -0.25) is 9.59 Å². The predicted molar refractivity (Wildman–Crippen MR) is 129 cm³/mol. The number of aliphatic carboxylic acids is 1. The molecular formula is C25H25N3O4S. The van der Waals surface area contributed by atoms with Gasteiger partial charge in [0.25, 0.3) is 0 Å². The van der Waals surface area contributed by atoms with Crippen molar-refractivity contribution >= 4 is 34.0 Å². The van der Waals surface area contributed by atoms with Crippen molar-refractivity contribution in [3.8, 4) is 22.1 Å². The van der Waals surface area contributed by atoms with Crippen LogP contribution >= 0.6 is 11.3 Å². The van der Waals surface area contributed by atoms with Gasteiger partial charge in [0, 0.05) is 22.2 Å². The Kier molecular flexibility index (Phi) is 6.29. The van der Waals surface area contributed by atoms with Crippen molar-refractivity contribution < 1.29 is 19.4 Å². The largest absolute Gasteiger partial charge is 0.497 e. The molecule has 1 N–H and O–H groups in total. The van der Waals surface area contributed by atoms with Gasteiger partial charge in [-0.25, -0.2) is 9.67 Å². The van der Waals surface area contributed by atoms with E-state index in [4.69, 9.17) is 14.8 Å². The van der Waals surface area contributed by atoms with E-state index in [1.165, 1.54) is 11.3 Å². The van der Waals surface area contributed by atoms with E-state index < -0.39 is 5.97 Å². The fourth-order valence-corrected chi connectivity index (χ4v) is 4.76. The minimum absolute atomic E-state index is 0.0977. The Bertz CT molecular complexity index is 1350. The number of carboxylic acid groups (broad SMARTS) is 1. The van der Waals surface area contributed by atoms with E-state index in [2.05, 4.69) is 18.9 Å². The number of ketones is 1. The second-order valence-corrected chi connectivity index (χ2v) is 9.20. The van der Waals surface area contributed by atoms with Crippen molar-refractivity contribution in [1.82, 2.24) is 14.8 Å². The highest BCUT2D eigenvalue weighted by molar-refractivity contribution is 7.14. The van der Waals surface area contributed by atoms with Crippen molar-refractivity contribution in [2.75, 3.05) is 7.11 Å². The summed E-state index contributed by atoms with van der Waals surface area (Å²) in [7, 11) is 1.63. The molecule has 0 saturated carbocycles. The van der Waals surface area contributed by atoms with E-state index >= 15 is 0 Å². The van der Waals surface area contributed by atoms with Gasteiger partial charge in [0.05, 0.1) is 24.7 Å². The Morgan fingerprint density at radius 3 is 2.64 bits per heavy atom. The molecule has 2 heterocycles. The average Bonchev–Trinajstić information content (AvgIpc) is 3.39. The van der Waals surface area contributed by atoms with Gasteiger partial charge in [0.15, 0.2) is 5.78 Å². The number of fused-ring (bicyclic) bond motifs is 1. The average molecular weight is 464 g/mol. The Balaban J connectivity index is 1.87. The van der Waals surface area contributed by atoms with Gasteiger partial charge in [-0.2, -0.15) is 5.10 Å². The lowest BCUT2D eigenvalue weighted by Gasteiger charge is -2.06. The number of rotatable bonds is 8. The highest BCUT2D eigenvalue weighted by atomic mass is 32.1. The first-order chi connectivity index (χ1) is 15.8. The summed E-state index contributed by atoms with van der Waals surface area (Å²) in [6.07, 6.45) is -0.326. The fraction of sp³-hybridized carbons (Fsp3) is 0.280. The molecule has 2 aromatic carbocycles. The zero-order valence-electron chi connectivity index (χ0n) is 19.0. The van der Waals surface area contributed by atoms with Crippen LogP contribution in [0.5, 0.6) is 5.75 Å². The van der Waals surface area contributed by atoms with E-state index in [-0.39, 0.29) is 30.2 Å². The van der Waals surface area contributed by atoms with Gasteiger partial charge in [0.1, 0.15) is 11.4 Å². The van der Waals surface area contributed by atoms with Crippen molar-refractivity contribution in [2.45, 2.75) is 39.5 Å². The van der Waals surface area contributed by atoms with E-state index in [9.17, 15) is 9.59 Å². The molecule has 4 aromatic rings. The summed E-state index contributed by atoms with van der Waals surface area (Å²) in [5, 5.41) is 15.0. The molecule has 0 spiro atoms. The molecule has 170 valence electrons. The predicted octanol–water partition coefficient (Wildman–Crippen LogP) is 5.64. The number of hydrogen-bond acceptors (Lipinski definition) is 6. The third-order valence-electron chi connectivity index (χ3n) is 5.36. The molecule has 0 unspecified atom stereocenters. The third-order valence-corrected chi connectivity index (χ3v) is 6.69. The van der Waals surface area contributed by atoms with Crippen LogP contribution in [0.15, 0.2) is 42.5 Å². The van der Waals surface area contributed by atoms with Crippen molar-refractivity contribution in [3.05, 3.63) is 58.6 Å². The maximum atomic E-state index is 12.8. The summed E-state index contributed by atoms with van der Waals surface area (Å²) >= 11 is 1.53. The first-order valence-corrected chi connectivity index (χ1v) is 11.5. The van der Waals surface area contributed by atoms with Gasteiger partial charge >= 0.3 is 5.97 Å². The van der Waals surface area contributed by atoms with Crippen LogP contribution in [-0.2, 0) is 4.79 Å². The molecule has 0 radical (unpaired) electrons. The number of nitrogens with zero attached hydrogens (tertiary/aromatic N) is 3. The van der Waals surface area contributed by atoms with Crippen molar-refractivity contribution in [3.63, 3.8) is 0 Å². The van der Waals surface area contributed by atoms with Crippen LogP contribution in [0.4, 0.5) is 0 Å². The zero-order valence-corrected chi connectivity index (χ0v) is 19.8. The third kappa shape index (κ3) is 4.52. The summed E-state index contributed by atoms with van der Waals surface area (Å²) in [5.41, 5.74) is 3.84. The van der Waals surface area contributed by atoms with Crippen LogP contribution in [0.3, 0.4) is 0 Å².